The molecule has 0 unspecified atom stereocenters. The number of hydrogen-bond acceptors (Lipinski definition) is 2. The van der Waals surface area contributed by atoms with Crippen LogP contribution in [0.5, 0.6) is 0 Å². The van der Waals surface area contributed by atoms with E-state index in [0.717, 1.165) is 13.2 Å². The lowest BCUT2D eigenvalue weighted by atomic mass is 10.3. The van der Waals surface area contributed by atoms with E-state index in [1.54, 1.807) is 0 Å². The summed E-state index contributed by atoms with van der Waals surface area (Å²) in [6.07, 6.45) is 2.42. The number of rotatable bonds is 0. The van der Waals surface area contributed by atoms with Gasteiger partial charge in [-0.05, 0) is 6.42 Å². The number of nitrogens with one attached hydrogen (secondary N) is 1. The van der Waals surface area contributed by atoms with Gasteiger partial charge in [0.1, 0.15) is 6.10 Å². The van der Waals surface area contributed by atoms with Gasteiger partial charge in [0.05, 0.1) is 6.61 Å². The van der Waals surface area contributed by atoms with Crippen LogP contribution >= 0.6 is 0 Å². The van der Waals surface area contributed by atoms with Crippen molar-refractivity contribution in [2.75, 3.05) is 13.2 Å². The Balaban J connectivity index is 2.12. The summed E-state index contributed by atoms with van der Waals surface area (Å²) < 4.78 is 5.21. The molecule has 7 heavy (non-hydrogen) atoms. The summed E-state index contributed by atoms with van der Waals surface area (Å²) in [5.74, 6) is 0. The fraction of sp³-hybridized carbons (Fsp3) is 0.800. The van der Waals surface area contributed by atoms with Crippen molar-refractivity contribution < 1.29 is 4.74 Å². The second-order valence-electron chi connectivity index (χ2n) is 2.13. The second-order valence-corrected chi connectivity index (χ2v) is 2.13. The van der Waals surface area contributed by atoms with Gasteiger partial charge in [0.15, 0.2) is 0 Å². The highest BCUT2D eigenvalue weighted by Gasteiger charge is 2.32. The minimum absolute atomic E-state index is 0.662. The van der Waals surface area contributed by atoms with Crippen LogP contribution in [0.15, 0.2) is 0 Å². The summed E-state index contributed by atoms with van der Waals surface area (Å²) in [4.78, 5) is 0. The topological polar surface area (TPSA) is 21.3 Å². The van der Waals surface area contributed by atoms with Gasteiger partial charge in [0.2, 0.25) is 0 Å². The third kappa shape index (κ3) is 0.469. The Kier molecular flexibility index (Phi) is 0.664. The van der Waals surface area contributed by atoms with Gasteiger partial charge in [-0.2, -0.15) is 0 Å². The Hall–Kier alpha value is -0.0800. The minimum atomic E-state index is 0.662. The molecule has 0 aromatic carbocycles. The highest BCUT2D eigenvalue weighted by molar-refractivity contribution is 5.00. The second kappa shape index (κ2) is 1.20. The lowest BCUT2D eigenvalue weighted by molar-refractivity contribution is 0.162. The smallest absolute Gasteiger partial charge is 0.112 e. The van der Waals surface area contributed by atoms with Gasteiger partial charge < -0.3 is 10.1 Å². The average Bonchev–Trinajstić information content (AvgIpc) is 2.22. The van der Waals surface area contributed by atoms with E-state index in [1.165, 1.54) is 12.5 Å². The van der Waals surface area contributed by atoms with E-state index in [0.29, 0.717) is 6.04 Å². The Labute approximate surface area is 42.9 Å². The van der Waals surface area contributed by atoms with Crippen LogP contribution in [0, 0.1) is 6.10 Å². The molecule has 1 atom stereocenters. The fourth-order valence-corrected chi connectivity index (χ4v) is 1.12. The third-order valence-corrected chi connectivity index (χ3v) is 1.55. The summed E-state index contributed by atoms with van der Waals surface area (Å²) in [5.41, 5.74) is 0. The predicted molar refractivity (Wildman–Crippen MR) is 25.6 cm³/mol. The van der Waals surface area contributed by atoms with Gasteiger partial charge in [-0.15, -0.1) is 0 Å². The number of fused-ring (bicyclic) bond motifs is 2. The molecule has 2 heteroatoms. The van der Waals surface area contributed by atoms with Gasteiger partial charge in [0, 0.05) is 12.6 Å². The van der Waals surface area contributed by atoms with Crippen LogP contribution in [0.2, 0.25) is 0 Å². The molecule has 0 amide bonds. The van der Waals surface area contributed by atoms with Crippen LogP contribution in [-0.4, -0.2) is 19.2 Å². The van der Waals surface area contributed by atoms with Gasteiger partial charge in [-0.25, -0.2) is 0 Å². The van der Waals surface area contributed by atoms with Crippen molar-refractivity contribution in [1.82, 2.24) is 5.32 Å². The van der Waals surface area contributed by atoms with Crippen molar-refractivity contribution in [3.05, 3.63) is 6.10 Å². The van der Waals surface area contributed by atoms with Crippen molar-refractivity contribution in [2.45, 2.75) is 12.5 Å². The summed E-state index contributed by atoms with van der Waals surface area (Å²) in [5, 5.41) is 3.29. The van der Waals surface area contributed by atoms with Crippen LogP contribution < -0.4 is 5.32 Å². The minimum Gasteiger partial charge on any atom is -0.369 e. The number of hydrogen-bond donors (Lipinski definition) is 1. The molecule has 1 radical (unpaired) electrons. The maximum atomic E-state index is 5.21. The first-order valence-electron chi connectivity index (χ1n) is 2.66. The van der Waals surface area contributed by atoms with Gasteiger partial charge >= 0.3 is 0 Å². The van der Waals surface area contributed by atoms with E-state index in [2.05, 4.69) is 5.32 Å². The molecule has 2 fully saturated rings. The van der Waals surface area contributed by atoms with E-state index in [4.69, 9.17) is 4.74 Å². The zero-order valence-corrected chi connectivity index (χ0v) is 4.11. The molecule has 39 valence electrons. The molecule has 0 spiro atoms. The van der Waals surface area contributed by atoms with Crippen molar-refractivity contribution in [1.29, 1.82) is 0 Å². The SMILES string of the molecule is C1N[C@@H]2CO[C]1C2. The molecule has 2 rings (SSSR count). The Bertz CT molecular complexity index is 66.1. The Morgan fingerprint density at radius 1 is 1.71 bits per heavy atom. The molecular formula is C5H8NO. The maximum Gasteiger partial charge on any atom is 0.112 e. The van der Waals surface area contributed by atoms with Crippen LogP contribution in [0.1, 0.15) is 6.42 Å². The van der Waals surface area contributed by atoms with Crippen LogP contribution in [0.25, 0.3) is 0 Å². The molecule has 2 nitrogen and oxygen atoms in total. The zero-order chi connectivity index (χ0) is 4.69. The maximum absolute atomic E-state index is 5.21. The zero-order valence-electron chi connectivity index (χ0n) is 4.11. The lowest BCUT2D eigenvalue weighted by Crippen LogP contribution is -2.28. The molecule has 0 aromatic heterocycles. The van der Waals surface area contributed by atoms with Crippen LogP contribution in [-0.2, 0) is 4.74 Å². The molecule has 2 saturated heterocycles. The molecule has 2 aliphatic heterocycles. The fourth-order valence-electron chi connectivity index (χ4n) is 1.12. The van der Waals surface area contributed by atoms with E-state index >= 15 is 0 Å². The molecule has 2 aliphatic rings. The summed E-state index contributed by atoms with van der Waals surface area (Å²) in [6, 6.07) is 0.662. The summed E-state index contributed by atoms with van der Waals surface area (Å²) >= 11 is 0. The van der Waals surface area contributed by atoms with Crippen molar-refractivity contribution in [3.63, 3.8) is 0 Å². The monoisotopic (exact) mass is 98.1 g/mol. The first-order valence-corrected chi connectivity index (χ1v) is 2.66. The molecule has 2 bridgehead atoms. The standard InChI is InChI=1S/C5H8NO/c1-4-3-7-5(1)2-6-4/h4,6H,1-3H2/t4-/m0/s1. The Morgan fingerprint density at radius 3 is 2.86 bits per heavy atom. The van der Waals surface area contributed by atoms with Crippen LogP contribution in [0.3, 0.4) is 0 Å². The lowest BCUT2D eigenvalue weighted by Gasteiger charge is -2.09. The molecule has 0 aliphatic carbocycles. The Morgan fingerprint density at radius 2 is 2.71 bits per heavy atom. The van der Waals surface area contributed by atoms with Crippen molar-refractivity contribution >= 4 is 0 Å². The molecule has 0 saturated carbocycles. The van der Waals surface area contributed by atoms with E-state index < -0.39 is 0 Å². The third-order valence-electron chi connectivity index (χ3n) is 1.55. The molecular weight excluding hydrogens is 90.1 g/mol. The number of morpholine rings is 1. The normalized spacial score (nSPS) is 40.3. The predicted octanol–water partition coefficient (Wildman–Crippen LogP) is -0.0895. The first-order chi connectivity index (χ1) is 3.45. The highest BCUT2D eigenvalue weighted by Crippen LogP contribution is 2.24. The van der Waals surface area contributed by atoms with Crippen molar-refractivity contribution in [2.24, 2.45) is 0 Å². The molecule has 1 N–H and O–H groups in total. The highest BCUT2D eigenvalue weighted by atomic mass is 16.5. The van der Waals surface area contributed by atoms with Crippen molar-refractivity contribution in [3.8, 4) is 0 Å². The number of ether oxygens (including phenoxy) is 1. The van der Waals surface area contributed by atoms with E-state index in [1.807, 2.05) is 0 Å². The van der Waals surface area contributed by atoms with E-state index in [-0.39, 0.29) is 0 Å². The quantitative estimate of drug-likeness (QED) is 0.457. The first kappa shape index (κ1) is 3.87. The summed E-state index contributed by atoms with van der Waals surface area (Å²) in [6.45, 7) is 1.92. The van der Waals surface area contributed by atoms with Gasteiger partial charge in [0.25, 0.3) is 0 Å². The van der Waals surface area contributed by atoms with E-state index in [9.17, 15) is 0 Å². The molecule has 2 heterocycles. The van der Waals surface area contributed by atoms with Gasteiger partial charge in [-0.3, -0.25) is 0 Å². The molecule has 0 aromatic rings. The van der Waals surface area contributed by atoms with Crippen LogP contribution in [0.4, 0.5) is 0 Å². The van der Waals surface area contributed by atoms with Gasteiger partial charge in [-0.1, -0.05) is 0 Å². The summed E-state index contributed by atoms with van der Waals surface area (Å²) in [7, 11) is 0. The average molecular weight is 98.1 g/mol. The largest absolute Gasteiger partial charge is 0.369 e.